The van der Waals surface area contributed by atoms with Gasteiger partial charge in [-0.1, -0.05) is 0 Å². The van der Waals surface area contributed by atoms with Gasteiger partial charge in [-0.3, -0.25) is 0 Å². The highest BCUT2D eigenvalue weighted by Gasteiger charge is 2.12. The predicted octanol–water partition coefficient (Wildman–Crippen LogP) is 0.794. The van der Waals surface area contributed by atoms with E-state index in [0.29, 0.717) is 19.8 Å². The number of carboxylic acid groups (broad SMARTS) is 1. The molecule has 0 unspecified atom stereocenters. The molecule has 0 aliphatic heterocycles. The number of aromatic nitrogens is 1. The van der Waals surface area contributed by atoms with Crippen molar-refractivity contribution in [1.29, 1.82) is 0 Å². The maximum Gasteiger partial charge on any atom is 0.339 e. The number of anilines is 1. The number of pyridine rings is 1. The van der Waals surface area contributed by atoms with Crippen LogP contribution in [-0.2, 0) is 9.47 Å². The lowest BCUT2D eigenvalue weighted by atomic mass is 10.2. The molecule has 0 aromatic carbocycles. The average molecular weight is 270 g/mol. The molecule has 1 aromatic rings. The van der Waals surface area contributed by atoms with E-state index in [2.05, 4.69) is 4.98 Å². The van der Waals surface area contributed by atoms with Crippen molar-refractivity contribution in [1.82, 2.24) is 4.98 Å². The molecule has 0 radical (unpaired) electrons. The fourth-order valence-electron chi connectivity index (χ4n) is 1.36. The molecule has 0 aliphatic carbocycles. The van der Waals surface area contributed by atoms with Gasteiger partial charge < -0.3 is 25.1 Å². The summed E-state index contributed by atoms with van der Waals surface area (Å²) in [5.74, 6) is -0.784. The topological polar surface area (TPSA) is 104 Å². The summed E-state index contributed by atoms with van der Waals surface area (Å²) in [4.78, 5) is 14.8. The van der Waals surface area contributed by atoms with Gasteiger partial charge in [0.1, 0.15) is 18.0 Å². The van der Waals surface area contributed by atoms with Crippen LogP contribution >= 0.6 is 0 Å². The van der Waals surface area contributed by atoms with Crippen LogP contribution < -0.4 is 10.5 Å². The van der Waals surface area contributed by atoms with Crippen LogP contribution in [0.15, 0.2) is 12.3 Å². The van der Waals surface area contributed by atoms with Crippen LogP contribution in [0.3, 0.4) is 0 Å². The highest BCUT2D eigenvalue weighted by Crippen LogP contribution is 2.18. The summed E-state index contributed by atoms with van der Waals surface area (Å²) in [6, 6.07) is 1.26. The number of hydrogen-bond donors (Lipinski definition) is 2. The number of carboxylic acids is 1. The van der Waals surface area contributed by atoms with Crippen LogP contribution in [0.2, 0.25) is 0 Å². The normalized spacial score (nSPS) is 10.4. The second-order valence-electron chi connectivity index (χ2n) is 3.72. The number of rotatable bonds is 9. The van der Waals surface area contributed by atoms with Crippen molar-refractivity contribution in [3.05, 3.63) is 17.8 Å². The first-order valence-corrected chi connectivity index (χ1v) is 5.83. The average Bonchev–Trinajstić information content (AvgIpc) is 2.39. The van der Waals surface area contributed by atoms with Crippen LogP contribution in [0.1, 0.15) is 16.8 Å². The van der Waals surface area contributed by atoms with Crippen LogP contribution in [-0.4, -0.2) is 49.6 Å². The van der Waals surface area contributed by atoms with Crippen LogP contribution in [0, 0.1) is 0 Å². The van der Waals surface area contributed by atoms with Crippen molar-refractivity contribution in [2.45, 2.75) is 6.42 Å². The lowest BCUT2D eigenvalue weighted by Gasteiger charge is -2.09. The molecule has 0 bridgehead atoms. The summed E-state index contributed by atoms with van der Waals surface area (Å²) in [5.41, 5.74) is 5.41. The van der Waals surface area contributed by atoms with Crippen molar-refractivity contribution in [2.75, 3.05) is 39.3 Å². The standard InChI is InChI=1S/C12H18N2O5/c1-17-3-2-4-18-5-6-19-10-8-14-11(13)7-9(10)12(15)16/h7-8H,2-6H2,1H3,(H2,13,14)(H,15,16). The van der Waals surface area contributed by atoms with E-state index in [0.717, 1.165) is 6.42 Å². The second kappa shape index (κ2) is 8.28. The molecular weight excluding hydrogens is 252 g/mol. The van der Waals surface area contributed by atoms with E-state index in [4.69, 9.17) is 25.1 Å². The minimum Gasteiger partial charge on any atom is -0.489 e. The first-order valence-electron chi connectivity index (χ1n) is 5.83. The summed E-state index contributed by atoms with van der Waals surface area (Å²) < 4.78 is 15.5. The van der Waals surface area contributed by atoms with Crippen LogP contribution in [0.5, 0.6) is 5.75 Å². The number of carbonyl (C=O) groups is 1. The summed E-state index contributed by atoms with van der Waals surface area (Å²) in [6.45, 7) is 1.83. The molecule has 0 amide bonds. The largest absolute Gasteiger partial charge is 0.489 e. The van der Waals surface area contributed by atoms with Gasteiger partial charge in [0, 0.05) is 20.3 Å². The predicted molar refractivity (Wildman–Crippen MR) is 68.4 cm³/mol. The van der Waals surface area contributed by atoms with Crippen LogP contribution in [0.4, 0.5) is 5.82 Å². The minimum absolute atomic E-state index is 0.00752. The third-order valence-corrected chi connectivity index (χ3v) is 2.24. The zero-order valence-corrected chi connectivity index (χ0v) is 10.8. The Morgan fingerprint density at radius 3 is 2.84 bits per heavy atom. The van der Waals surface area contributed by atoms with E-state index in [1.54, 1.807) is 7.11 Å². The first-order chi connectivity index (χ1) is 9.15. The number of aromatic carboxylic acids is 1. The molecule has 0 spiro atoms. The molecule has 1 heterocycles. The van der Waals surface area contributed by atoms with Gasteiger partial charge >= 0.3 is 5.97 Å². The number of nitrogens with two attached hydrogens (primary N) is 1. The summed E-state index contributed by atoms with van der Waals surface area (Å²) in [7, 11) is 1.63. The SMILES string of the molecule is COCCCOCCOc1cnc(N)cc1C(=O)O. The van der Waals surface area contributed by atoms with Crippen LogP contribution in [0.25, 0.3) is 0 Å². The molecule has 0 fully saturated rings. The van der Waals surface area contributed by atoms with E-state index >= 15 is 0 Å². The Morgan fingerprint density at radius 2 is 2.16 bits per heavy atom. The highest BCUT2D eigenvalue weighted by molar-refractivity contribution is 5.91. The zero-order valence-electron chi connectivity index (χ0n) is 10.8. The Morgan fingerprint density at radius 1 is 1.37 bits per heavy atom. The Bertz CT molecular complexity index is 411. The lowest BCUT2D eigenvalue weighted by Crippen LogP contribution is -2.11. The summed E-state index contributed by atoms with van der Waals surface area (Å²) in [6.07, 6.45) is 2.10. The Hall–Kier alpha value is -1.86. The van der Waals surface area contributed by atoms with Gasteiger partial charge in [0.15, 0.2) is 5.75 Å². The Labute approximate surface area is 111 Å². The molecule has 1 rings (SSSR count). The maximum absolute atomic E-state index is 11.0. The maximum atomic E-state index is 11.0. The number of nitrogen functional groups attached to an aromatic ring is 1. The minimum atomic E-state index is -1.11. The monoisotopic (exact) mass is 270 g/mol. The fourth-order valence-corrected chi connectivity index (χ4v) is 1.36. The molecule has 19 heavy (non-hydrogen) atoms. The molecule has 0 saturated heterocycles. The summed E-state index contributed by atoms with van der Waals surface area (Å²) in [5, 5.41) is 8.98. The van der Waals surface area contributed by atoms with E-state index in [9.17, 15) is 4.79 Å². The zero-order chi connectivity index (χ0) is 14.1. The third-order valence-electron chi connectivity index (χ3n) is 2.24. The molecule has 0 saturated carbocycles. The molecule has 106 valence electrons. The van der Waals surface area contributed by atoms with Crippen molar-refractivity contribution < 1.29 is 24.1 Å². The van der Waals surface area contributed by atoms with Gasteiger partial charge in [-0.15, -0.1) is 0 Å². The molecule has 0 aliphatic rings. The van der Waals surface area contributed by atoms with Crippen molar-refractivity contribution in [3.63, 3.8) is 0 Å². The van der Waals surface area contributed by atoms with Gasteiger partial charge in [-0.2, -0.15) is 0 Å². The third kappa shape index (κ3) is 5.54. The van der Waals surface area contributed by atoms with Gasteiger partial charge in [0.25, 0.3) is 0 Å². The highest BCUT2D eigenvalue weighted by atomic mass is 16.5. The Balaban J connectivity index is 2.35. The molecule has 1 aromatic heterocycles. The summed E-state index contributed by atoms with van der Waals surface area (Å²) >= 11 is 0. The number of ether oxygens (including phenoxy) is 3. The number of methoxy groups -OCH3 is 1. The lowest BCUT2D eigenvalue weighted by molar-refractivity contribution is 0.0676. The van der Waals surface area contributed by atoms with Gasteiger partial charge in [-0.25, -0.2) is 9.78 Å². The first kappa shape index (κ1) is 15.2. The smallest absolute Gasteiger partial charge is 0.339 e. The van der Waals surface area contributed by atoms with Crippen molar-refractivity contribution >= 4 is 11.8 Å². The van der Waals surface area contributed by atoms with E-state index in [1.165, 1.54) is 12.3 Å². The van der Waals surface area contributed by atoms with Gasteiger partial charge in [-0.05, 0) is 12.5 Å². The number of nitrogens with zero attached hydrogens (tertiary/aromatic N) is 1. The number of hydrogen-bond acceptors (Lipinski definition) is 6. The van der Waals surface area contributed by atoms with E-state index in [1.807, 2.05) is 0 Å². The second-order valence-corrected chi connectivity index (χ2v) is 3.72. The van der Waals surface area contributed by atoms with Crippen molar-refractivity contribution in [2.24, 2.45) is 0 Å². The molecular formula is C12H18N2O5. The molecule has 7 heteroatoms. The van der Waals surface area contributed by atoms with E-state index < -0.39 is 5.97 Å². The fraction of sp³-hybridized carbons (Fsp3) is 0.500. The molecule has 7 nitrogen and oxygen atoms in total. The molecule has 3 N–H and O–H groups in total. The van der Waals surface area contributed by atoms with Gasteiger partial charge in [0.05, 0.1) is 12.8 Å². The van der Waals surface area contributed by atoms with Crippen molar-refractivity contribution in [3.8, 4) is 5.75 Å². The van der Waals surface area contributed by atoms with E-state index in [-0.39, 0.29) is 23.7 Å². The quantitative estimate of drug-likeness (QED) is 0.639. The molecule has 0 atom stereocenters. The van der Waals surface area contributed by atoms with Gasteiger partial charge in [0.2, 0.25) is 0 Å². The Kier molecular flexibility index (Phi) is 6.62.